The standard InChI is InChI=1S/C19H22N8O/c28-9-5-4-8-26-12-16(24-25-26)13-27-19-17(11-23-27)18(21-14-22-19)20-10-15-6-2-1-3-7-15/h1-3,6-7,11-12,14,28H,4-5,8-10,13H2,(H,20,21,22). The maximum Gasteiger partial charge on any atom is 0.163 e. The summed E-state index contributed by atoms with van der Waals surface area (Å²) in [5, 5.41) is 25.9. The van der Waals surface area contributed by atoms with E-state index in [2.05, 4.69) is 42.8 Å². The number of aliphatic hydroxyl groups excluding tert-OH is 1. The van der Waals surface area contributed by atoms with Gasteiger partial charge in [-0.3, -0.25) is 4.68 Å². The molecule has 0 fully saturated rings. The van der Waals surface area contributed by atoms with Gasteiger partial charge in [-0.25, -0.2) is 14.6 Å². The SMILES string of the molecule is OCCCCn1cc(Cn2ncc3c(NCc4ccccc4)ncnc32)nn1. The van der Waals surface area contributed by atoms with Crippen LogP contribution in [-0.2, 0) is 19.6 Å². The molecule has 2 N–H and O–H groups in total. The molecule has 0 amide bonds. The zero-order chi connectivity index (χ0) is 19.2. The third kappa shape index (κ3) is 4.15. The van der Waals surface area contributed by atoms with Gasteiger partial charge in [0, 0.05) is 19.7 Å². The van der Waals surface area contributed by atoms with E-state index in [1.807, 2.05) is 24.4 Å². The van der Waals surface area contributed by atoms with Crippen molar-refractivity contribution in [1.29, 1.82) is 0 Å². The molecule has 0 unspecified atom stereocenters. The lowest BCUT2D eigenvalue weighted by Gasteiger charge is -2.06. The molecule has 3 aromatic heterocycles. The summed E-state index contributed by atoms with van der Waals surface area (Å²) in [6, 6.07) is 10.2. The number of unbranched alkanes of at least 4 members (excludes halogenated alkanes) is 1. The Labute approximate surface area is 162 Å². The van der Waals surface area contributed by atoms with E-state index in [1.54, 1.807) is 21.9 Å². The lowest BCUT2D eigenvalue weighted by atomic mass is 10.2. The molecular formula is C19H22N8O. The summed E-state index contributed by atoms with van der Waals surface area (Å²) >= 11 is 0. The van der Waals surface area contributed by atoms with Crippen LogP contribution in [0.3, 0.4) is 0 Å². The van der Waals surface area contributed by atoms with Gasteiger partial charge in [0.15, 0.2) is 5.65 Å². The van der Waals surface area contributed by atoms with E-state index in [-0.39, 0.29) is 6.61 Å². The molecule has 9 nitrogen and oxygen atoms in total. The van der Waals surface area contributed by atoms with Crippen LogP contribution in [-0.4, -0.2) is 46.5 Å². The number of aryl methyl sites for hydroxylation is 1. The van der Waals surface area contributed by atoms with E-state index in [0.717, 1.165) is 41.9 Å². The lowest BCUT2D eigenvalue weighted by molar-refractivity contribution is 0.280. The number of fused-ring (bicyclic) bond motifs is 1. The maximum atomic E-state index is 8.87. The highest BCUT2D eigenvalue weighted by Crippen LogP contribution is 2.20. The predicted octanol–water partition coefficient (Wildman–Crippen LogP) is 1.85. The molecule has 0 saturated heterocycles. The molecule has 4 aromatic rings. The average Bonchev–Trinajstić information content (AvgIpc) is 3.35. The van der Waals surface area contributed by atoms with Crippen molar-refractivity contribution >= 4 is 16.9 Å². The van der Waals surface area contributed by atoms with Gasteiger partial charge in [0.2, 0.25) is 0 Å². The van der Waals surface area contributed by atoms with Crippen molar-refractivity contribution in [2.24, 2.45) is 0 Å². The summed E-state index contributed by atoms with van der Waals surface area (Å²) < 4.78 is 3.59. The molecule has 0 aliphatic heterocycles. The van der Waals surface area contributed by atoms with Gasteiger partial charge in [-0.2, -0.15) is 5.10 Å². The maximum absolute atomic E-state index is 8.87. The van der Waals surface area contributed by atoms with Gasteiger partial charge in [-0.05, 0) is 18.4 Å². The van der Waals surface area contributed by atoms with Crippen LogP contribution in [0.1, 0.15) is 24.1 Å². The molecule has 9 heteroatoms. The summed E-state index contributed by atoms with van der Waals surface area (Å²) in [6.45, 7) is 2.10. The molecule has 4 rings (SSSR count). The first-order chi connectivity index (χ1) is 13.8. The zero-order valence-electron chi connectivity index (χ0n) is 15.4. The molecule has 0 saturated carbocycles. The van der Waals surface area contributed by atoms with Crippen LogP contribution in [0.25, 0.3) is 11.0 Å². The highest BCUT2D eigenvalue weighted by molar-refractivity contribution is 5.86. The molecule has 0 radical (unpaired) electrons. The van der Waals surface area contributed by atoms with E-state index in [9.17, 15) is 0 Å². The summed E-state index contributed by atoms with van der Waals surface area (Å²) in [5.41, 5.74) is 2.74. The van der Waals surface area contributed by atoms with E-state index in [0.29, 0.717) is 13.1 Å². The predicted molar refractivity (Wildman–Crippen MR) is 105 cm³/mol. The Morgan fingerprint density at radius 2 is 1.96 bits per heavy atom. The molecule has 3 heterocycles. The van der Waals surface area contributed by atoms with Crippen LogP contribution in [0.4, 0.5) is 5.82 Å². The zero-order valence-corrected chi connectivity index (χ0v) is 15.4. The molecular weight excluding hydrogens is 356 g/mol. The van der Waals surface area contributed by atoms with Crippen LogP contribution in [0.15, 0.2) is 49.1 Å². The van der Waals surface area contributed by atoms with E-state index in [4.69, 9.17) is 5.11 Å². The van der Waals surface area contributed by atoms with Gasteiger partial charge in [-0.1, -0.05) is 35.5 Å². The minimum atomic E-state index is 0.196. The number of anilines is 1. The Hall–Kier alpha value is -3.33. The van der Waals surface area contributed by atoms with E-state index in [1.165, 1.54) is 5.56 Å². The first-order valence-electron chi connectivity index (χ1n) is 9.27. The fourth-order valence-electron chi connectivity index (χ4n) is 2.99. The highest BCUT2D eigenvalue weighted by atomic mass is 16.2. The van der Waals surface area contributed by atoms with Crippen LogP contribution < -0.4 is 5.32 Å². The molecule has 0 atom stereocenters. The molecule has 1 aromatic carbocycles. The Balaban J connectivity index is 1.47. The fraction of sp³-hybridized carbons (Fsp3) is 0.316. The first kappa shape index (κ1) is 18.1. The minimum absolute atomic E-state index is 0.196. The molecule has 28 heavy (non-hydrogen) atoms. The van der Waals surface area contributed by atoms with Gasteiger partial charge < -0.3 is 10.4 Å². The Kier molecular flexibility index (Phi) is 5.53. The van der Waals surface area contributed by atoms with Crippen LogP contribution in [0, 0.1) is 0 Å². The minimum Gasteiger partial charge on any atom is -0.396 e. The number of aliphatic hydroxyl groups is 1. The molecule has 0 spiro atoms. The Bertz CT molecular complexity index is 1030. The average molecular weight is 378 g/mol. The monoisotopic (exact) mass is 378 g/mol. The van der Waals surface area contributed by atoms with Crippen molar-refractivity contribution in [3.05, 3.63) is 60.3 Å². The molecule has 0 aliphatic rings. The number of benzene rings is 1. The van der Waals surface area contributed by atoms with Crippen molar-refractivity contribution in [3.8, 4) is 0 Å². The van der Waals surface area contributed by atoms with Gasteiger partial charge >= 0.3 is 0 Å². The Morgan fingerprint density at radius 1 is 1.07 bits per heavy atom. The van der Waals surface area contributed by atoms with Gasteiger partial charge in [0.1, 0.15) is 17.8 Å². The Morgan fingerprint density at radius 3 is 2.82 bits per heavy atom. The summed E-state index contributed by atoms with van der Waals surface area (Å²) in [6.07, 6.45) is 6.84. The van der Waals surface area contributed by atoms with Crippen molar-refractivity contribution in [3.63, 3.8) is 0 Å². The topological polar surface area (TPSA) is 107 Å². The van der Waals surface area contributed by atoms with E-state index >= 15 is 0 Å². The van der Waals surface area contributed by atoms with Crippen LogP contribution >= 0.6 is 0 Å². The second-order valence-electron chi connectivity index (χ2n) is 6.50. The lowest BCUT2D eigenvalue weighted by Crippen LogP contribution is -2.05. The smallest absolute Gasteiger partial charge is 0.163 e. The summed E-state index contributed by atoms with van der Waals surface area (Å²) in [5.74, 6) is 0.757. The van der Waals surface area contributed by atoms with Gasteiger partial charge in [-0.15, -0.1) is 5.10 Å². The first-order valence-corrected chi connectivity index (χ1v) is 9.27. The molecule has 0 aliphatic carbocycles. The second-order valence-corrected chi connectivity index (χ2v) is 6.50. The van der Waals surface area contributed by atoms with Gasteiger partial charge in [0.25, 0.3) is 0 Å². The summed E-state index contributed by atoms with van der Waals surface area (Å²) in [7, 11) is 0. The van der Waals surface area contributed by atoms with Gasteiger partial charge in [0.05, 0.1) is 24.3 Å². The molecule has 0 bridgehead atoms. The third-order valence-corrected chi connectivity index (χ3v) is 4.43. The van der Waals surface area contributed by atoms with Crippen molar-refractivity contribution < 1.29 is 5.11 Å². The van der Waals surface area contributed by atoms with Crippen LogP contribution in [0.5, 0.6) is 0 Å². The highest BCUT2D eigenvalue weighted by Gasteiger charge is 2.11. The van der Waals surface area contributed by atoms with Crippen LogP contribution in [0.2, 0.25) is 0 Å². The fourth-order valence-corrected chi connectivity index (χ4v) is 2.99. The number of rotatable bonds is 9. The van der Waals surface area contributed by atoms with Crippen molar-refractivity contribution in [1.82, 2.24) is 34.7 Å². The number of nitrogens with zero attached hydrogens (tertiary/aromatic N) is 7. The largest absolute Gasteiger partial charge is 0.396 e. The number of nitrogens with one attached hydrogen (secondary N) is 1. The van der Waals surface area contributed by atoms with E-state index < -0.39 is 0 Å². The number of hydrogen-bond donors (Lipinski definition) is 2. The van der Waals surface area contributed by atoms with Crippen molar-refractivity contribution in [2.75, 3.05) is 11.9 Å². The quantitative estimate of drug-likeness (QED) is 0.428. The second kappa shape index (κ2) is 8.57. The molecule has 144 valence electrons. The number of aromatic nitrogens is 7. The summed E-state index contributed by atoms with van der Waals surface area (Å²) in [4.78, 5) is 8.75. The number of hydrogen-bond acceptors (Lipinski definition) is 7. The van der Waals surface area contributed by atoms with Crippen molar-refractivity contribution in [2.45, 2.75) is 32.5 Å². The normalized spacial score (nSPS) is 11.2. The third-order valence-electron chi connectivity index (χ3n) is 4.43.